The van der Waals surface area contributed by atoms with E-state index in [0.717, 1.165) is 18.9 Å². The van der Waals surface area contributed by atoms with Gasteiger partial charge in [-0.05, 0) is 30.5 Å². The van der Waals surface area contributed by atoms with Gasteiger partial charge >= 0.3 is 5.97 Å². The fraction of sp³-hybridized carbons (Fsp3) is 0.462. The standard InChI is InChI=1S/C13H18ClNO4S/c1-3-4-9(2)8-19-13(16)10-5-11(14)7-12(6-10)20(15,17)18/h5-7,9H,3-4,8H2,1-2H3,(H2,15,17,18). The number of carbonyl (C=O) groups excluding carboxylic acids is 1. The molecule has 5 nitrogen and oxygen atoms in total. The van der Waals surface area contributed by atoms with Crippen molar-refractivity contribution in [2.24, 2.45) is 11.1 Å². The van der Waals surface area contributed by atoms with E-state index < -0.39 is 16.0 Å². The van der Waals surface area contributed by atoms with Crippen LogP contribution >= 0.6 is 11.6 Å². The Morgan fingerprint density at radius 2 is 2.05 bits per heavy atom. The van der Waals surface area contributed by atoms with E-state index in [1.165, 1.54) is 12.1 Å². The van der Waals surface area contributed by atoms with Crippen molar-refractivity contribution in [2.75, 3.05) is 6.61 Å². The molecule has 0 heterocycles. The molecule has 0 saturated heterocycles. The van der Waals surface area contributed by atoms with Crippen LogP contribution in [0, 0.1) is 5.92 Å². The molecule has 0 aliphatic rings. The molecule has 1 atom stereocenters. The maximum absolute atomic E-state index is 11.9. The third-order valence-electron chi connectivity index (χ3n) is 2.72. The molecular weight excluding hydrogens is 302 g/mol. The number of sulfonamides is 1. The summed E-state index contributed by atoms with van der Waals surface area (Å²) >= 11 is 5.78. The van der Waals surface area contributed by atoms with Crippen LogP contribution in [0.4, 0.5) is 0 Å². The molecule has 1 aromatic carbocycles. The normalized spacial score (nSPS) is 13.0. The molecule has 1 rings (SSSR count). The van der Waals surface area contributed by atoms with Crippen molar-refractivity contribution in [1.29, 1.82) is 0 Å². The zero-order valence-electron chi connectivity index (χ0n) is 11.4. The second-order valence-corrected chi connectivity index (χ2v) is 6.71. The van der Waals surface area contributed by atoms with Crippen molar-refractivity contribution in [3.05, 3.63) is 28.8 Å². The van der Waals surface area contributed by atoms with E-state index in [2.05, 4.69) is 0 Å². The molecule has 0 amide bonds. The summed E-state index contributed by atoms with van der Waals surface area (Å²) in [7, 11) is -3.91. The monoisotopic (exact) mass is 319 g/mol. The number of rotatable bonds is 6. The van der Waals surface area contributed by atoms with Gasteiger partial charge in [-0.1, -0.05) is 31.9 Å². The van der Waals surface area contributed by atoms with E-state index in [9.17, 15) is 13.2 Å². The largest absolute Gasteiger partial charge is 0.462 e. The van der Waals surface area contributed by atoms with E-state index in [-0.39, 0.29) is 28.0 Å². The third-order valence-corrected chi connectivity index (χ3v) is 3.83. The SMILES string of the molecule is CCCC(C)COC(=O)c1cc(Cl)cc(S(N)(=O)=O)c1. The van der Waals surface area contributed by atoms with Gasteiger partial charge in [-0.3, -0.25) is 0 Å². The minimum Gasteiger partial charge on any atom is -0.462 e. The Hall–Kier alpha value is -1.11. The molecule has 20 heavy (non-hydrogen) atoms. The fourth-order valence-electron chi connectivity index (χ4n) is 1.72. The Morgan fingerprint density at radius 3 is 2.60 bits per heavy atom. The molecular formula is C13H18ClNO4S. The van der Waals surface area contributed by atoms with Crippen LogP contribution in [0.5, 0.6) is 0 Å². The molecule has 0 radical (unpaired) electrons. The van der Waals surface area contributed by atoms with Gasteiger partial charge in [0.1, 0.15) is 0 Å². The number of hydrogen-bond donors (Lipinski definition) is 1. The first kappa shape index (κ1) is 16.9. The van der Waals surface area contributed by atoms with E-state index in [1.54, 1.807) is 0 Å². The smallest absolute Gasteiger partial charge is 0.338 e. The van der Waals surface area contributed by atoms with Crippen molar-refractivity contribution < 1.29 is 17.9 Å². The highest BCUT2D eigenvalue weighted by Gasteiger charge is 2.16. The van der Waals surface area contributed by atoms with Crippen LogP contribution in [-0.2, 0) is 14.8 Å². The summed E-state index contributed by atoms with van der Waals surface area (Å²) in [4.78, 5) is 11.7. The number of primary sulfonamides is 1. The van der Waals surface area contributed by atoms with Crippen molar-refractivity contribution in [3.8, 4) is 0 Å². The van der Waals surface area contributed by atoms with E-state index in [1.807, 2.05) is 13.8 Å². The van der Waals surface area contributed by atoms with Crippen LogP contribution in [0.1, 0.15) is 37.0 Å². The minimum atomic E-state index is -3.91. The molecule has 112 valence electrons. The van der Waals surface area contributed by atoms with Gasteiger partial charge in [0, 0.05) is 5.02 Å². The Morgan fingerprint density at radius 1 is 1.40 bits per heavy atom. The van der Waals surface area contributed by atoms with Crippen molar-refractivity contribution in [1.82, 2.24) is 0 Å². The second-order valence-electron chi connectivity index (χ2n) is 4.71. The Bertz CT molecular complexity index is 586. The van der Waals surface area contributed by atoms with Gasteiger partial charge in [0.15, 0.2) is 0 Å². The molecule has 0 spiro atoms. The lowest BCUT2D eigenvalue weighted by atomic mass is 10.1. The Balaban J connectivity index is 2.86. The highest BCUT2D eigenvalue weighted by molar-refractivity contribution is 7.89. The zero-order valence-corrected chi connectivity index (χ0v) is 13.0. The molecule has 7 heteroatoms. The summed E-state index contributed by atoms with van der Waals surface area (Å²) in [5, 5.41) is 5.13. The molecule has 0 aliphatic heterocycles. The molecule has 0 fully saturated rings. The number of benzene rings is 1. The van der Waals surface area contributed by atoms with Gasteiger partial charge in [-0.15, -0.1) is 0 Å². The topological polar surface area (TPSA) is 86.5 Å². The van der Waals surface area contributed by atoms with Gasteiger partial charge in [-0.2, -0.15) is 0 Å². The molecule has 1 unspecified atom stereocenters. The molecule has 0 aromatic heterocycles. The fourth-order valence-corrected chi connectivity index (χ4v) is 2.60. The summed E-state index contributed by atoms with van der Waals surface area (Å²) in [6.45, 7) is 4.31. The maximum atomic E-state index is 11.9. The Kier molecular flexibility index (Phi) is 5.98. The third kappa shape index (κ3) is 5.11. The van der Waals surface area contributed by atoms with Crippen LogP contribution in [0.15, 0.2) is 23.1 Å². The quantitative estimate of drug-likeness (QED) is 0.816. The Labute approximate surface area is 124 Å². The summed E-state index contributed by atoms with van der Waals surface area (Å²) in [6, 6.07) is 3.70. The van der Waals surface area contributed by atoms with Crippen LogP contribution in [0.3, 0.4) is 0 Å². The van der Waals surface area contributed by atoms with Gasteiger partial charge < -0.3 is 4.74 Å². The predicted molar refractivity (Wildman–Crippen MR) is 77.2 cm³/mol. The molecule has 1 aromatic rings. The van der Waals surface area contributed by atoms with Gasteiger partial charge in [0.05, 0.1) is 17.1 Å². The highest BCUT2D eigenvalue weighted by atomic mass is 35.5. The van der Waals surface area contributed by atoms with E-state index in [0.29, 0.717) is 0 Å². The minimum absolute atomic E-state index is 0.0743. The first-order valence-electron chi connectivity index (χ1n) is 6.24. The van der Waals surface area contributed by atoms with Crippen LogP contribution in [0.25, 0.3) is 0 Å². The van der Waals surface area contributed by atoms with E-state index >= 15 is 0 Å². The number of esters is 1. The number of hydrogen-bond acceptors (Lipinski definition) is 4. The summed E-state index contributed by atoms with van der Waals surface area (Å²) in [5.41, 5.74) is 0.0743. The summed E-state index contributed by atoms with van der Waals surface area (Å²) in [5.74, 6) is -0.360. The first-order valence-corrected chi connectivity index (χ1v) is 8.17. The first-order chi connectivity index (χ1) is 9.24. The lowest BCUT2D eigenvalue weighted by molar-refractivity contribution is 0.0443. The van der Waals surface area contributed by atoms with Crippen molar-refractivity contribution in [2.45, 2.75) is 31.6 Å². The lowest BCUT2D eigenvalue weighted by Gasteiger charge is -2.11. The van der Waals surface area contributed by atoms with Gasteiger partial charge in [0.2, 0.25) is 10.0 Å². The molecule has 0 aliphatic carbocycles. The molecule has 0 saturated carbocycles. The average molecular weight is 320 g/mol. The molecule has 2 N–H and O–H groups in total. The lowest BCUT2D eigenvalue weighted by Crippen LogP contribution is -2.15. The second kappa shape index (κ2) is 7.06. The number of carbonyl (C=O) groups is 1. The summed E-state index contributed by atoms with van der Waals surface area (Å²) < 4.78 is 27.7. The maximum Gasteiger partial charge on any atom is 0.338 e. The number of ether oxygens (including phenoxy) is 1. The van der Waals surface area contributed by atoms with Crippen LogP contribution in [0.2, 0.25) is 5.02 Å². The summed E-state index contributed by atoms with van der Waals surface area (Å²) in [6.07, 6.45) is 1.96. The highest BCUT2D eigenvalue weighted by Crippen LogP contribution is 2.19. The number of halogens is 1. The predicted octanol–water partition coefficient (Wildman–Crippen LogP) is 2.58. The van der Waals surface area contributed by atoms with Crippen molar-refractivity contribution >= 4 is 27.6 Å². The average Bonchev–Trinajstić information content (AvgIpc) is 2.34. The van der Waals surface area contributed by atoms with Crippen molar-refractivity contribution in [3.63, 3.8) is 0 Å². The van der Waals surface area contributed by atoms with Crippen LogP contribution in [-0.4, -0.2) is 21.0 Å². The molecule has 0 bridgehead atoms. The number of nitrogens with two attached hydrogens (primary N) is 1. The zero-order chi connectivity index (χ0) is 15.3. The van der Waals surface area contributed by atoms with E-state index in [4.69, 9.17) is 21.5 Å². The van der Waals surface area contributed by atoms with Crippen LogP contribution < -0.4 is 5.14 Å². The van der Waals surface area contributed by atoms with Gasteiger partial charge in [0.25, 0.3) is 0 Å². The van der Waals surface area contributed by atoms with Gasteiger partial charge in [-0.25, -0.2) is 18.4 Å².